The summed E-state index contributed by atoms with van der Waals surface area (Å²) in [5.41, 5.74) is 0.745. The Bertz CT molecular complexity index is 491. The van der Waals surface area contributed by atoms with Crippen LogP contribution in [0.25, 0.3) is 10.8 Å². The van der Waals surface area contributed by atoms with Crippen LogP contribution in [-0.4, -0.2) is 12.5 Å². The molecule has 2 heteroatoms. The molecule has 2 aromatic rings. The Hall–Kier alpha value is -1.83. The molecule has 0 aliphatic carbocycles. The number of carbonyl (C=O) groups is 1. The van der Waals surface area contributed by atoms with Crippen LogP contribution in [0.4, 0.5) is 0 Å². The summed E-state index contributed by atoms with van der Waals surface area (Å²) in [6, 6.07) is 13.7. The van der Waals surface area contributed by atoms with Gasteiger partial charge in [0.2, 0.25) is 0 Å². The van der Waals surface area contributed by atoms with E-state index in [9.17, 15) is 4.79 Å². The summed E-state index contributed by atoms with van der Waals surface area (Å²) >= 11 is 0. The fourth-order valence-electron chi connectivity index (χ4n) is 1.68. The molecule has 2 rings (SSSR count). The van der Waals surface area contributed by atoms with Crippen LogP contribution in [0.15, 0.2) is 42.5 Å². The number of benzene rings is 2. The molecule has 0 radical (unpaired) electrons. The fraction of sp³-hybridized carbons (Fsp3) is 0.154. The average molecular weight is 201 g/mol. The van der Waals surface area contributed by atoms with Crippen LogP contribution in [0.1, 0.15) is 18.7 Å². The Morgan fingerprint density at radius 3 is 2.73 bits per heavy atom. The summed E-state index contributed by atoms with van der Waals surface area (Å²) in [6.07, 6.45) is 0. The van der Waals surface area contributed by atoms with Gasteiger partial charge >= 0.3 is 0 Å². The van der Waals surface area contributed by atoms with E-state index in [1.165, 1.54) is 0 Å². The first-order valence-corrected chi connectivity index (χ1v) is 5.09. The van der Waals surface area contributed by atoms with Gasteiger partial charge in [-0.1, -0.05) is 36.4 Å². The maximum absolute atomic E-state index is 11.7. The molecule has 1 N–H and O–H groups in total. The molecule has 78 valence electrons. The third kappa shape index (κ3) is 1.84. The van der Waals surface area contributed by atoms with E-state index in [0.29, 0.717) is 6.54 Å². The highest BCUT2D eigenvalue weighted by atomic mass is 16.1. The summed E-state index contributed by atoms with van der Waals surface area (Å²) in [4.78, 5) is 11.7. The number of rotatable bonds is 2. The first-order valence-electron chi connectivity index (χ1n) is 5.09. The molecule has 0 heterocycles. The third-order valence-corrected chi connectivity index (χ3v) is 2.37. The van der Waals surface area contributed by atoms with Gasteiger partial charge in [-0.15, -0.1) is 0 Å². The van der Waals surface area contributed by atoms with Crippen molar-refractivity contribution in [3.63, 3.8) is 0 Å². The van der Waals surface area contributed by atoms with Gasteiger partial charge in [0.15, 0.2) is 0 Å². The molecule has 2 aromatic carbocycles. The molecule has 0 aliphatic rings. The van der Waals surface area contributed by atoms with E-state index in [-0.39, 0.29) is 7.33 Å². The molecule has 0 spiro atoms. The lowest BCUT2D eigenvalue weighted by Gasteiger charge is -2.05. The fourth-order valence-corrected chi connectivity index (χ4v) is 1.68. The first-order chi connectivity index (χ1) is 7.33. The van der Waals surface area contributed by atoms with Gasteiger partial charge in [0.1, 0.15) is 0 Å². The zero-order chi connectivity index (χ0) is 10.7. The minimum absolute atomic E-state index is 0. The molecule has 0 unspecified atom stereocenters. The molecule has 0 saturated heterocycles. The molecule has 0 bridgehead atoms. The second-order valence-corrected chi connectivity index (χ2v) is 3.39. The third-order valence-electron chi connectivity index (χ3n) is 2.37. The van der Waals surface area contributed by atoms with E-state index in [2.05, 4.69) is 5.32 Å². The van der Waals surface area contributed by atoms with Crippen molar-refractivity contribution in [2.24, 2.45) is 0 Å². The van der Waals surface area contributed by atoms with Crippen molar-refractivity contribution in [2.75, 3.05) is 6.54 Å². The first kappa shape index (κ1) is 9.71. The van der Waals surface area contributed by atoms with Crippen LogP contribution in [0.5, 0.6) is 0 Å². The van der Waals surface area contributed by atoms with Gasteiger partial charge in [-0.05, 0) is 23.8 Å². The lowest BCUT2D eigenvalue weighted by Crippen LogP contribution is -2.22. The van der Waals surface area contributed by atoms with Crippen molar-refractivity contribution in [1.29, 1.82) is 0 Å². The highest BCUT2D eigenvalue weighted by molar-refractivity contribution is 6.06. The Labute approximate surface area is 90.4 Å². The monoisotopic (exact) mass is 201 g/mol. The van der Waals surface area contributed by atoms with E-state index in [4.69, 9.17) is 0 Å². The van der Waals surface area contributed by atoms with Gasteiger partial charge in [0.05, 0.1) is 0 Å². The smallest absolute Gasteiger partial charge is 0.251 e. The summed E-state index contributed by atoms with van der Waals surface area (Å²) in [5.74, 6) is -0.00528. The zero-order valence-electron chi connectivity index (χ0n) is 8.66. The van der Waals surface area contributed by atoms with Gasteiger partial charge in [-0.25, -0.2) is 0 Å². The molecule has 0 aliphatic heterocycles. The van der Waals surface area contributed by atoms with E-state index in [1.807, 2.05) is 49.4 Å². The molecule has 15 heavy (non-hydrogen) atoms. The van der Waals surface area contributed by atoms with E-state index in [1.54, 1.807) is 0 Å². The number of nitrogens with one attached hydrogen (secondary N) is 1. The van der Waals surface area contributed by atoms with Crippen molar-refractivity contribution in [3.05, 3.63) is 48.0 Å². The predicted octanol–water partition coefficient (Wildman–Crippen LogP) is 2.84. The summed E-state index contributed by atoms with van der Waals surface area (Å²) in [6.45, 7) is 2.57. The van der Waals surface area contributed by atoms with Crippen molar-refractivity contribution in [2.45, 2.75) is 6.92 Å². The highest BCUT2D eigenvalue weighted by Gasteiger charge is 2.07. The normalized spacial score (nSPS) is 10.2. The lowest BCUT2D eigenvalue weighted by atomic mass is 10.0. The Morgan fingerprint density at radius 1 is 1.20 bits per heavy atom. The summed E-state index contributed by atoms with van der Waals surface area (Å²) in [5, 5.41) is 4.92. The summed E-state index contributed by atoms with van der Waals surface area (Å²) < 4.78 is 0. The van der Waals surface area contributed by atoms with Crippen LogP contribution in [-0.2, 0) is 0 Å². The minimum Gasteiger partial charge on any atom is -0.352 e. The maximum Gasteiger partial charge on any atom is 0.251 e. The second kappa shape index (κ2) is 4.13. The predicted molar refractivity (Wildman–Crippen MR) is 64.1 cm³/mol. The zero-order valence-corrected chi connectivity index (χ0v) is 8.66. The van der Waals surface area contributed by atoms with Crippen molar-refractivity contribution in [3.8, 4) is 0 Å². The standard InChI is InChI=1S/C13H13NO.H2/c1-2-14-13(15)12-9-5-7-10-6-3-4-8-11(10)12;/h3-9H,2H2,1H3,(H,14,15);1H. The summed E-state index contributed by atoms with van der Waals surface area (Å²) in [7, 11) is 0. The van der Waals surface area contributed by atoms with Crippen molar-refractivity contribution in [1.82, 2.24) is 5.32 Å². The minimum atomic E-state index is -0.00528. The Morgan fingerprint density at radius 2 is 1.93 bits per heavy atom. The van der Waals surface area contributed by atoms with Crippen LogP contribution >= 0.6 is 0 Å². The van der Waals surface area contributed by atoms with Gasteiger partial charge in [-0.3, -0.25) is 4.79 Å². The van der Waals surface area contributed by atoms with E-state index < -0.39 is 0 Å². The number of carbonyl (C=O) groups excluding carboxylic acids is 1. The molecule has 2 nitrogen and oxygen atoms in total. The van der Waals surface area contributed by atoms with Crippen molar-refractivity contribution < 1.29 is 6.22 Å². The molecule has 0 aromatic heterocycles. The molecule has 0 saturated carbocycles. The van der Waals surface area contributed by atoms with Crippen LogP contribution in [0, 0.1) is 0 Å². The van der Waals surface area contributed by atoms with Gasteiger partial charge < -0.3 is 5.32 Å². The Balaban J connectivity index is 0.00000128. The average Bonchev–Trinajstić information content (AvgIpc) is 2.28. The van der Waals surface area contributed by atoms with Gasteiger partial charge in [0.25, 0.3) is 5.91 Å². The topological polar surface area (TPSA) is 29.1 Å². The number of hydrogen-bond acceptors (Lipinski definition) is 1. The second-order valence-electron chi connectivity index (χ2n) is 3.39. The lowest BCUT2D eigenvalue weighted by molar-refractivity contribution is 0.0957. The SMILES string of the molecule is CCNC(=O)c1cccc2ccccc12.[HH]. The van der Waals surface area contributed by atoms with E-state index in [0.717, 1.165) is 16.3 Å². The van der Waals surface area contributed by atoms with E-state index >= 15 is 0 Å². The molecular weight excluding hydrogens is 186 g/mol. The van der Waals surface area contributed by atoms with Crippen LogP contribution in [0.3, 0.4) is 0 Å². The molecule has 1 amide bonds. The van der Waals surface area contributed by atoms with Crippen molar-refractivity contribution >= 4 is 16.7 Å². The van der Waals surface area contributed by atoms with Gasteiger partial charge in [-0.2, -0.15) is 0 Å². The highest BCUT2D eigenvalue weighted by Crippen LogP contribution is 2.18. The quantitative estimate of drug-likeness (QED) is 0.795. The number of hydrogen-bond donors (Lipinski definition) is 1. The number of amides is 1. The Kier molecular flexibility index (Phi) is 2.68. The molecule has 0 atom stereocenters. The van der Waals surface area contributed by atoms with Gasteiger partial charge in [0, 0.05) is 13.5 Å². The number of fused-ring (bicyclic) bond motifs is 1. The van der Waals surface area contributed by atoms with Crippen LogP contribution in [0.2, 0.25) is 0 Å². The van der Waals surface area contributed by atoms with Crippen LogP contribution < -0.4 is 5.32 Å². The largest absolute Gasteiger partial charge is 0.352 e. The maximum atomic E-state index is 11.7. The molecular formula is C13H15NO. The molecule has 0 fully saturated rings.